The Bertz CT molecular complexity index is 620. The van der Waals surface area contributed by atoms with Crippen LogP contribution in [-0.4, -0.2) is 18.8 Å². The smallest absolute Gasteiger partial charge is 0.389 e. The van der Waals surface area contributed by atoms with E-state index in [2.05, 4.69) is 0 Å². The minimum absolute atomic E-state index is 0.00173. The minimum atomic E-state index is -4.15. The van der Waals surface area contributed by atoms with Crippen LogP contribution in [0.5, 0.6) is 0 Å². The van der Waals surface area contributed by atoms with E-state index in [1.54, 1.807) is 12.1 Å². The van der Waals surface area contributed by atoms with Crippen molar-refractivity contribution in [2.45, 2.75) is 25.4 Å². The van der Waals surface area contributed by atoms with Gasteiger partial charge in [-0.2, -0.15) is 13.2 Å². The second-order valence-corrected chi connectivity index (χ2v) is 4.77. The molecule has 0 heterocycles. The number of esters is 1. The maximum atomic E-state index is 11.9. The van der Waals surface area contributed by atoms with Crippen molar-refractivity contribution in [3.63, 3.8) is 0 Å². The molecule has 21 heavy (non-hydrogen) atoms. The van der Waals surface area contributed by atoms with E-state index in [0.717, 1.165) is 10.8 Å². The van der Waals surface area contributed by atoms with Gasteiger partial charge >= 0.3 is 12.1 Å². The topological polar surface area (TPSA) is 26.3 Å². The molecule has 0 amide bonds. The Morgan fingerprint density at radius 3 is 2.43 bits per heavy atom. The second kappa shape index (κ2) is 6.61. The largest absolute Gasteiger partial charge is 0.462 e. The molecule has 2 nitrogen and oxygen atoms in total. The van der Waals surface area contributed by atoms with Crippen molar-refractivity contribution < 1.29 is 22.7 Å². The Hall–Kier alpha value is -2.04. The summed E-state index contributed by atoms with van der Waals surface area (Å²) in [5.41, 5.74) is 0.407. The average Bonchev–Trinajstić information content (AvgIpc) is 2.45. The molecule has 5 heteroatoms. The first kappa shape index (κ1) is 15.4. The van der Waals surface area contributed by atoms with Crippen LogP contribution >= 0.6 is 0 Å². The normalized spacial score (nSPS) is 11.6. The third-order valence-corrected chi connectivity index (χ3v) is 3.07. The summed E-state index contributed by atoms with van der Waals surface area (Å²) in [5, 5.41) is 1.93. The summed E-state index contributed by atoms with van der Waals surface area (Å²) in [6.45, 7) is 0.00173. The van der Waals surface area contributed by atoms with E-state index in [4.69, 9.17) is 4.74 Å². The van der Waals surface area contributed by atoms with E-state index in [1.807, 2.05) is 30.3 Å². The van der Waals surface area contributed by atoms with Gasteiger partial charge in [0.25, 0.3) is 0 Å². The van der Waals surface area contributed by atoms with Crippen LogP contribution in [0.25, 0.3) is 10.8 Å². The fourth-order valence-electron chi connectivity index (χ4n) is 1.99. The van der Waals surface area contributed by atoms with Crippen molar-refractivity contribution >= 4 is 16.7 Å². The monoisotopic (exact) mass is 296 g/mol. The van der Waals surface area contributed by atoms with Crippen LogP contribution in [0.4, 0.5) is 13.2 Å². The van der Waals surface area contributed by atoms with Crippen LogP contribution in [0.1, 0.15) is 29.6 Å². The van der Waals surface area contributed by atoms with Crippen LogP contribution in [0.2, 0.25) is 0 Å². The summed E-state index contributed by atoms with van der Waals surface area (Å²) in [6, 6.07) is 12.8. The number of unbranched alkanes of at least 4 members (excludes halogenated alkanes) is 1. The Morgan fingerprint density at radius 1 is 1.00 bits per heavy atom. The first-order chi connectivity index (χ1) is 9.96. The zero-order chi connectivity index (χ0) is 15.3. The summed E-state index contributed by atoms with van der Waals surface area (Å²) in [6.07, 6.45) is -4.82. The molecule has 0 aliphatic carbocycles. The Kier molecular flexibility index (Phi) is 4.83. The summed E-state index contributed by atoms with van der Waals surface area (Å²) >= 11 is 0. The van der Waals surface area contributed by atoms with Gasteiger partial charge in [-0.1, -0.05) is 30.3 Å². The van der Waals surface area contributed by atoms with E-state index in [-0.39, 0.29) is 19.4 Å². The lowest BCUT2D eigenvalue weighted by Gasteiger charge is -2.07. The molecule has 0 aliphatic heterocycles. The second-order valence-electron chi connectivity index (χ2n) is 4.77. The highest BCUT2D eigenvalue weighted by Crippen LogP contribution is 2.22. The van der Waals surface area contributed by atoms with Gasteiger partial charge in [0.2, 0.25) is 0 Å². The standard InChI is InChI=1S/C16H15F3O2/c17-16(18,19)9-3-4-10-21-15(20)14-8-7-12-5-1-2-6-13(12)11-14/h1-2,5-8,11H,3-4,9-10H2. The van der Waals surface area contributed by atoms with Crippen LogP contribution in [-0.2, 0) is 4.74 Å². The van der Waals surface area contributed by atoms with Gasteiger partial charge in [0.05, 0.1) is 12.2 Å². The number of halogens is 3. The van der Waals surface area contributed by atoms with Crippen LogP contribution in [0.15, 0.2) is 42.5 Å². The number of hydrogen-bond acceptors (Lipinski definition) is 2. The highest BCUT2D eigenvalue weighted by molar-refractivity contribution is 5.95. The number of rotatable bonds is 5. The van der Waals surface area contributed by atoms with Gasteiger partial charge in [-0.05, 0) is 35.7 Å². The van der Waals surface area contributed by atoms with Gasteiger partial charge in [0, 0.05) is 6.42 Å². The maximum absolute atomic E-state index is 11.9. The zero-order valence-corrected chi connectivity index (χ0v) is 11.3. The van der Waals surface area contributed by atoms with Gasteiger partial charge in [-0.15, -0.1) is 0 Å². The SMILES string of the molecule is O=C(OCCCCC(F)(F)F)c1ccc2ccccc2c1. The summed E-state index contributed by atoms with van der Waals surface area (Å²) in [5.74, 6) is -0.507. The van der Waals surface area contributed by atoms with E-state index in [9.17, 15) is 18.0 Å². The maximum Gasteiger partial charge on any atom is 0.389 e. The van der Waals surface area contributed by atoms with Crippen molar-refractivity contribution in [1.29, 1.82) is 0 Å². The van der Waals surface area contributed by atoms with Crippen LogP contribution in [0.3, 0.4) is 0 Å². The average molecular weight is 296 g/mol. The first-order valence-electron chi connectivity index (χ1n) is 6.68. The predicted molar refractivity (Wildman–Crippen MR) is 74.1 cm³/mol. The number of carbonyl (C=O) groups excluding carboxylic acids is 1. The number of benzene rings is 2. The molecule has 0 saturated heterocycles. The van der Waals surface area contributed by atoms with Gasteiger partial charge in [-0.3, -0.25) is 0 Å². The van der Waals surface area contributed by atoms with Gasteiger partial charge < -0.3 is 4.74 Å². The van der Waals surface area contributed by atoms with Crippen molar-refractivity contribution in [2.24, 2.45) is 0 Å². The zero-order valence-electron chi connectivity index (χ0n) is 11.3. The highest BCUT2D eigenvalue weighted by Gasteiger charge is 2.25. The predicted octanol–water partition coefficient (Wildman–Crippen LogP) is 4.73. The van der Waals surface area contributed by atoms with Crippen LogP contribution < -0.4 is 0 Å². The number of carbonyl (C=O) groups is 1. The lowest BCUT2D eigenvalue weighted by molar-refractivity contribution is -0.135. The Morgan fingerprint density at radius 2 is 1.71 bits per heavy atom. The molecular formula is C16H15F3O2. The molecule has 0 fully saturated rings. The molecule has 0 bridgehead atoms. The quantitative estimate of drug-likeness (QED) is 0.589. The molecule has 0 aromatic heterocycles. The molecular weight excluding hydrogens is 281 g/mol. The molecule has 2 rings (SSSR count). The molecule has 0 radical (unpaired) electrons. The third-order valence-electron chi connectivity index (χ3n) is 3.07. The highest BCUT2D eigenvalue weighted by atomic mass is 19.4. The summed E-state index contributed by atoms with van der Waals surface area (Å²) in [7, 11) is 0. The Labute approximate surface area is 120 Å². The van der Waals surface area contributed by atoms with Crippen molar-refractivity contribution in [2.75, 3.05) is 6.61 Å². The fourth-order valence-corrected chi connectivity index (χ4v) is 1.99. The number of hydrogen-bond donors (Lipinski definition) is 0. The molecule has 112 valence electrons. The van der Waals surface area contributed by atoms with Gasteiger partial charge in [0.15, 0.2) is 0 Å². The molecule has 0 atom stereocenters. The molecule has 0 unspecified atom stereocenters. The van der Waals surface area contributed by atoms with E-state index in [1.165, 1.54) is 0 Å². The van der Waals surface area contributed by atoms with Gasteiger partial charge in [-0.25, -0.2) is 4.79 Å². The molecule has 0 saturated carbocycles. The lowest BCUT2D eigenvalue weighted by Crippen LogP contribution is -2.09. The molecule has 0 aliphatic rings. The number of fused-ring (bicyclic) bond motifs is 1. The molecule has 0 spiro atoms. The van der Waals surface area contributed by atoms with E-state index in [0.29, 0.717) is 5.56 Å². The minimum Gasteiger partial charge on any atom is -0.462 e. The molecule has 2 aromatic carbocycles. The Balaban J connectivity index is 1.85. The van der Waals surface area contributed by atoms with Gasteiger partial charge in [0.1, 0.15) is 0 Å². The van der Waals surface area contributed by atoms with Crippen molar-refractivity contribution in [3.05, 3.63) is 48.0 Å². The van der Waals surface area contributed by atoms with Crippen molar-refractivity contribution in [3.8, 4) is 0 Å². The van der Waals surface area contributed by atoms with E-state index >= 15 is 0 Å². The summed E-state index contributed by atoms with van der Waals surface area (Å²) < 4.78 is 40.8. The fraction of sp³-hybridized carbons (Fsp3) is 0.312. The molecule has 0 N–H and O–H groups in total. The molecule has 2 aromatic rings. The van der Waals surface area contributed by atoms with E-state index < -0.39 is 18.6 Å². The number of ether oxygens (including phenoxy) is 1. The number of alkyl halides is 3. The van der Waals surface area contributed by atoms with Crippen molar-refractivity contribution in [1.82, 2.24) is 0 Å². The first-order valence-corrected chi connectivity index (χ1v) is 6.68. The lowest BCUT2D eigenvalue weighted by atomic mass is 10.1. The third kappa shape index (κ3) is 4.77. The summed E-state index contributed by atoms with van der Waals surface area (Å²) in [4.78, 5) is 11.8. The van der Waals surface area contributed by atoms with Crippen LogP contribution in [0, 0.1) is 0 Å².